The Labute approximate surface area is 168 Å². The highest BCUT2D eigenvalue weighted by atomic mass is 19.1. The zero-order valence-electron chi connectivity index (χ0n) is 15.7. The van der Waals surface area contributed by atoms with Crippen molar-refractivity contribution < 1.29 is 19.1 Å². The first kappa shape index (κ1) is 18.9. The van der Waals surface area contributed by atoms with Crippen LogP contribution < -0.4 is 4.90 Å². The van der Waals surface area contributed by atoms with Crippen molar-refractivity contribution in [2.45, 2.75) is 24.8 Å². The molecule has 0 saturated heterocycles. The number of carbonyl (C=O) groups is 2. The van der Waals surface area contributed by atoms with E-state index < -0.39 is 5.97 Å². The summed E-state index contributed by atoms with van der Waals surface area (Å²) in [5.74, 6) is -0.786. The van der Waals surface area contributed by atoms with E-state index in [4.69, 9.17) is 0 Å². The van der Waals surface area contributed by atoms with E-state index in [1.807, 2.05) is 30.3 Å². The average Bonchev–Trinajstić information content (AvgIpc) is 3.53. The molecular formula is C24H20FNO3. The summed E-state index contributed by atoms with van der Waals surface area (Å²) in [6.45, 7) is 0.277. The molecule has 0 heterocycles. The Balaban J connectivity index is 1.59. The molecule has 1 fully saturated rings. The highest BCUT2D eigenvalue weighted by Crippen LogP contribution is 2.56. The first-order chi connectivity index (χ1) is 14.1. The third kappa shape index (κ3) is 4.04. The van der Waals surface area contributed by atoms with Crippen LogP contribution in [0.5, 0.6) is 0 Å². The van der Waals surface area contributed by atoms with Crippen LogP contribution >= 0.6 is 0 Å². The van der Waals surface area contributed by atoms with Crippen LogP contribution in [0.15, 0.2) is 72.8 Å². The van der Waals surface area contributed by atoms with Crippen LogP contribution in [0, 0.1) is 5.82 Å². The number of halogens is 1. The van der Waals surface area contributed by atoms with E-state index in [0.29, 0.717) is 0 Å². The molecule has 3 aromatic rings. The zero-order chi connectivity index (χ0) is 20.4. The van der Waals surface area contributed by atoms with Crippen LogP contribution in [0.25, 0.3) is 0 Å². The van der Waals surface area contributed by atoms with Gasteiger partial charge in [0.1, 0.15) is 5.82 Å². The van der Waals surface area contributed by atoms with Gasteiger partial charge in [-0.05, 0) is 65.3 Å². The molecule has 0 aliphatic heterocycles. The Morgan fingerprint density at radius 3 is 2.59 bits per heavy atom. The van der Waals surface area contributed by atoms with E-state index >= 15 is 0 Å². The Kier molecular flexibility index (Phi) is 5.12. The maximum absolute atomic E-state index is 13.6. The standard InChI is InChI=1S/C24H20FNO3/c25-19-8-4-6-17(12-19)21-13-22(21)20-9-1-2-10-23(20)26(15-27)14-16-5-3-7-18(11-16)24(28)29/h1-12,15,21-22H,13-14H2,(H,28,29). The van der Waals surface area contributed by atoms with E-state index in [-0.39, 0.29) is 29.8 Å². The molecule has 146 valence electrons. The maximum Gasteiger partial charge on any atom is 0.335 e. The molecule has 1 aliphatic rings. The molecular weight excluding hydrogens is 369 g/mol. The Bertz CT molecular complexity index is 1070. The van der Waals surface area contributed by atoms with Crippen LogP contribution in [-0.2, 0) is 11.3 Å². The molecule has 0 bridgehead atoms. The van der Waals surface area contributed by atoms with Gasteiger partial charge >= 0.3 is 5.97 Å². The van der Waals surface area contributed by atoms with Gasteiger partial charge in [-0.25, -0.2) is 9.18 Å². The molecule has 5 heteroatoms. The molecule has 1 aliphatic carbocycles. The van der Waals surface area contributed by atoms with Crippen molar-refractivity contribution >= 4 is 18.1 Å². The van der Waals surface area contributed by atoms with Gasteiger partial charge in [-0.1, -0.05) is 42.5 Å². The van der Waals surface area contributed by atoms with Crippen LogP contribution in [-0.4, -0.2) is 17.5 Å². The molecule has 2 atom stereocenters. The summed E-state index contributed by atoms with van der Waals surface area (Å²) >= 11 is 0. The topological polar surface area (TPSA) is 57.6 Å². The van der Waals surface area contributed by atoms with Gasteiger partial charge in [-0.2, -0.15) is 0 Å². The van der Waals surface area contributed by atoms with E-state index in [2.05, 4.69) is 0 Å². The second kappa shape index (κ2) is 7.87. The van der Waals surface area contributed by atoms with Crippen LogP contribution in [0.2, 0.25) is 0 Å². The number of aromatic carboxylic acids is 1. The largest absolute Gasteiger partial charge is 0.478 e. The molecule has 1 N–H and O–H groups in total. The second-order valence-electron chi connectivity index (χ2n) is 7.30. The van der Waals surface area contributed by atoms with Crippen molar-refractivity contribution in [2.24, 2.45) is 0 Å². The highest BCUT2D eigenvalue weighted by Gasteiger charge is 2.41. The van der Waals surface area contributed by atoms with Gasteiger partial charge in [0.05, 0.1) is 12.1 Å². The molecule has 1 saturated carbocycles. The Hall–Kier alpha value is -3.47. The Morgan fingerprint density at radius 2 is 1.83 bits per heavy atom. The summed E-state index contributed by atoms with van der Waals surface area (Å²) in [6, 6.07) is 21.0. The first-order valence-corrected chi connectivity index (χ1v) is 9.45. The van der Waals surface area contributed by atoms with E-state index in [1.54, 1.807) is 35.2 Å². The lowest BCUT2D eigenvalue weighted by Gasteiger charge is -2.21. The van der Waals surface area contributed by atoms with Gasteiger partial charge in [-0.15, -0.1) is 0 Å². The van der Waals surface area contributed by atoms with Crippen molar-refractivity contribution in [2.75, 3.05) is 4.90 Å². The van der Waals surface area contributed by atoms with E-state index in [1.165, 1.54) is 12.1 Å². The molecule has 0 radical (unpaired) electrons. The summed E-state index contributed by atoms with van der Waals surface area (Å²) in [5.41, 5.74) is 3.74. The fourth-order valence-electron chi connectivity index (χ4n) is 3.89. The minimum absolute atomic E-state index is 0.190. The number of rotatable bonds is 7. The Morgan fingerprint density at radius 1 is 1.03 bits per heavy atom. The number of carbonyl (C=O) groups excluding carboxylic acids is 1. The van der Waals surface area contributed by atoms with Gasteiger partial charge in [0.15, 0.2) is 0 Å². The predicted molar refractivity (Wildman–Crippen MR) is 109 cm³/mol. The number of para-hydroxylation sites is 1. The van der Waals surface area contributed by atoms with Gasteiger partial charge in [-0.3, -0.25) is 4.79 Å². The number of carboxylic acid groups (broad SMARTS) is 1. The fraction of sp³-hybridized carbons (Fsp3) is 0.167. The van der Waals surface area contributed by atoms with Crippen molar-refractivity contribution in [3.63, 3.8) is 0 Å². The molecule has 29 heavy (non-hydrogen) atoms. The maximum atomic E-state index is 13.6. The van der Waals surface area contributed by atoms with E-state index in [9.17, 15) is 19.1 Å². The smallest absolute Gasteiger partial charge is 0.335 e. The van der Waals surface area contributed by atoms with Crippen LogP contribution in [0.3, 0.4) is 0 Å². The molecule has 4 nitrogen and oxygen atoms in total. The number of hydrogen-bond donors (Lipinski definition) is 1. The molecule has 4 rings (SSSR count). The van der Waals surface area contributed by atoms with Gasteiger partial charge in [0, 0.05) is 5.69 Å². The molecule has 3 aromatic carbocycles. The minimum Gasteiger partial charge on any atom is -0.478 e. The van der Waals surface area contributed by atoms with Crippen molar-refractivity contribution in [3.05, 3.63) is 101 Å². The van der Waals surface area contributed by atoms with Crippen molar-refractivity contribution in [3.8, 4) is 0 Å². The SMILES string of the molecule is O=CN(Cc1cccc(C(=O)O)c1)c1ccccc1C1CC1c1cccc(F)c1. The molecule has 2 unspecified atom stereocenters. The third-order valence-corrected chi connectivity index (χ3v) is 5.37. The van der Waals surface area contributed by atoms with E-state index in [0.717, 1.165) is 35.2 Å². The lowest BCUT2D eigenvalue weighted by atomic mass is 10.0. The number of carboxylic acids is 1. The highest BCUT2D eigenvalue weighted by molar-refractivity contribution is 5.88. The molecule has 1 amide bonds. The average molecular weight is 389 g/mol. The number of benzene rings is 3. The second-order valence-corrected chi connectivity index (χ2v) is 7.30. The molecule has 0 aromatic heterocycles. The predicted octanol–water partition coefficient (Wildman–Crippen LogP) is 4.96. The number of nitrogens with zero attached hydrogens (tertiary/aromatic N) is 1. The van der Waals surface area contributed by atoms with Crippen LogP contribution in [0.4, 0.5) is 10.1 Å². The number of anilines is 1. The summed E-state index contributed by atoms with van der Waals surface area (Å²) in [4.78, 5) is 24.7. The third-order valence-electron chi connectivity index (χ3n) is 5.37. The fourth-order valence-corrected chi connectivity index (χ4v) is 3.89. The minimum atomic E-state index is -0.999. The quantitative estimate of drug-likeness (QED) is 0.581. The molecule has 0 spiro atoms. The van der Waals surface area contributed by atoms with Crippen LogP contribution in [0.1, 0.15) is 45.3 Å². The zero-order valence-corrected chi connectivity index (χ0v) is 15.7. The first-order valence-electron chi connectivity index (χ1n) is 9.45. The van der Waals surface area contributed by atoms with Gasteiger partial charge in [0.2, 0.25) is 6.41 Å². The summed E-state index contributed by atoms with van der Waals surface area (Å²) in [6.07, 6.45) is 1.67. The normalized spacial score (nSPS) is 17.6. The monoisotopic (exact) mass is 389 g/mol. The summed E-state index contributed by atoms with van der Waals surface area (Å²) < 4.78 is 13.6. The summed E-state index contributed by atoms with van der Waals surface area (Å²) in [5, 5.41) is 9.19. The van der Waals surface area contributed by atoms with Crippen molar-refractivity contribution in [1.82, 2.24) is 0 Å². The lowest BCUT2D eigenvalue weighted by molar-refractivity contribution is -0.107. The number of hydrogen-bond acceptors (Lipinski definition) is 2. The van der Waals surface area contributed by atoms with Gasteiger partial charge < -0.3 is 10.0 Å². The number of amides is 1. The summed E-state index contributed by atoms with van der Waals surface area (Å²) in [7, 11) is 0. The lowest BCUT2D eigenvalue weighted by Crippen LogP contribution is -2.22. The van der Waals surface area contributed by atoms with Gasteiger partial charge in [0.25, 0.3) is 0 Å². The van der Waals surface area contributed by atoms with Crippen molar-refractivity contribution in [1.29, 1.82) is 0 Å².